The Morgan fingerprint density at radius 3 is 1.38 bits per heavy atom. The van der Waals surface area contributed by atoms with Gasteiger partial charge in [0, 0.05) is 65.1 Å². The summed E-state index contributed by atoms with van der Waals surface area (Å²) >= 11 is 34.9. The molecule has 77 heavy (non-hydrogen) atoms. The summed E-state index contributed by atoms with van der Waals surface area (Å²) in [5.41, 5.74) is 31.1. The van der Waals surface area contributed by atoms with E-state index in [1.54, 1.807) is 50.2 Å². The van der Waals surface area contributed by atoms with E-state index in [0.29, 0.717) is 55.9 Å². The number of methoxy groups -OCH3 is 1. The van der Waals surface area contributed by atoms with Crippen LogP contribution in [0.1, 0.15) is 76.4 Å². The standard InChI is InChI=1S/C11H14ClFN2O.C9H9ClO2.C8H8ClN3.C8H10ClN.C8H7ClO2.C8H9ClO.CH3N3OP/c1-8-9(3-2-4-10(8)12)7-15-11(16)14-6-5-13;1-6-7(9(11)12-2)4-3-5-8(6)10;1-6-7(5-11-12-10)3-2-4-8(6)9;1-6-7(5-10)3-2-4-8(6)9;1-5-6(8(10)11)3-2-4-7(5)9;1-6-7(5-10)3-2-4-8(6)9;1-6(5)4-3-2/h2-4H,5-7H2,1H3,(H2,14,15,16);3-5H,1-2H3;2-4H,5H2,1H3;2-4H,5,10H2,1H3;2-4H,1H3,(H,10,11);2-4,10H,5H2,1H3;1H3/q;;;;;;+1. The average molecular weight is 1200 g/mol. The molecule has 6 aromatic rings. The predicted octanol–water partition coefficient (Wildman–Crippen LogP) is 16.6. The highest BCUT2D eigenvalue weighted by Crippen LogP contribution is 2.23. The molecule has 0 aliphatic carbocycles. The van der Waals surface area contributed by atoms with E-state index >= 15 is 0 Å². The number of aliphatic hydroxyl groups is 1. The van der Waals surface area contributed by atoms with Gasteiger partial charge in [-0.25, -0.2) is 18.8 Å². The molecule has 0 aromatic heterocycles. The number of carboxylic acid groups (broad SMARTS) is 1. The zero-order chi connectivity index (χ0) is 58.6. The molecule has 0 spiro atoms. The van der Waals surface area contributed by atoms with Crippen LogP contribution in [0, 0.1) is 41.5 Å². The zero-order valence-corrected chi connectivity index (χ0v) is 48.9. The van der Waals surface area contributed by atoms with Crippen LogP contribution in [0.15, 0.2) is 119 Å². The number of esters is 1. The second-order valence-electron chi connectivity index (χ2n) is 15.4. The summed E-state index contributed by atoms with van der Waals surface area (Å²) in [4.78, 5) is 40.5. The van der Waals surface area contributed by atoms with Gasteiger partial charge in [0.05, 0.1) is 31.4 Å². The third-order valence-electron chi connectivity index (χ3n) is 10.4. The highest BCUT2D eigenvalue weighted by Gasteiger charge is 2.11. The minimum absolute atomic E-state index is 0.0281. The summed E-state index contributed by atoms with van der Waals surface area (Å²) in [6.45, 7) is 13.3. The molecule has 0 heterocycles. The van der Waals surface area contributed by atoms with Crippen molar-refractivity contribution in [3.63, 3.8) is 0 Å². The number of amides is 2. The number of nitrogens with one attached hydrogen (secondary N) is 2. The lowest BCUT2D eigenvalue weighted by molar-refractivity contribution is 0.0599. The van der Waals surface area contributed by atoms with E-state index in [4.69, 9.17) is 96.6 Å². The van der Waals surface area contributed by atoms with Crippen molar-refractivity contribution < 1.29 is 38.3 Å². The fraction of sp³-hybridized carbons (Fsp3) is 0.264. The number of carbonyl (C=O) groups is 3. The molecule has 0 saturated carbocycles. The first kappa shape index (κ1) is 70.8. The van der Waals surface area contributed by atoms with Gasteiger partial charge in [-0.2, -0.15) is 0 Å². The van der Waals surface area contributed by atoms with E-state index in [-0.39, 0.29) is 30.7 Å². The molecule has 6 N–H and O–H groups in total. The molecule has 16 nitrogen and oxygen atoms in total. The first-order valence-corrected chi connectivity index (χ1v) is 26.5. The van der Waals surface area contributed by atoms with Crippen LogP contribution >= 0.6 is 77.6 Å². The van der Waals surface area contributed by atoms with Gasteiger partial charge < -0.3 is 31.3 Å². The molecule has 0 radical (unpaired) electrons. The zero-order valence-electron chi connectivity index (χ0n) is 43.4. The Labute approximate surface area is 479 Å². The number of halogens is 7. The molecule has 0 saturated heterocycles. The van der Waals surface area contributed by atoms with Crippen molar-refractivity contribution in [1.29, 1.82) is 0 Å². The Kier molecular flexibility index (Phi) is 36.9. The fourth-order valence-electron chi connectivity index (χ4n) is 5.70. The molecule has 1 unspecified atom stereocenters. The van der Waals surface area contributed by atoms with Gasteiger partial charge in [0.2, 0.25) is 0 Å². The lowest BCUT2D eigenvalue weighted by atomic mass is 10.1. The first-order chi connectivity index (χ1) is 36.5. The van der Waals surface area contributed by atoms with Crippen molar-refractivity contribution in [3.05, 3.63) is 227 Å². The average Bonchev–Trinajstić information content (AvgIpc) is 3.40. The maximum atomic E-state index is 11.8. The number of ether oxygens (including phenoxy) is 1. The third kappa shape index (κ3) is 27.6. The van der Waals surface area contributed by atoms with E-state index in [2.05, 4.69) is 35.2 Å². The van der Waals surface area contributed by atoms with Crippen molar-refractivity contribution >= 4 is 95.5 Å². The topological polar surface area (TPSA) is 266 Å². The Morgan fingerprint density at radius 1 is 0.623 bits per heavy atom. The number of alkyl halides is 1. The normalized spacial score (nSPS) is 9.65. The molecule has 24 heteroatoms. The largest absolute Gasteiger partial charge is 0.478 e. The van der Waals surface area contributed by atoms with Gasteiger partial charge in [0.1, 0.15) is 13.3 Å². The Bertz CT molecular complexity index is 2930. The first-order valence-electron chi connectivity index (χ1n) is 22.6. The summed E-state index contributed by atoms with van der Waals surface area (Å²) in [5, 5.41) is 29.8. The van der Waals surface area contributed by atoms with Crippen molar-refractivity contribution in [1.82, 2.24) is 10.6 Å². The molecule has 6 aromatic carbocycles. The van der Waals surface area contributed by atoms with Crippen LogP contribution < -0.4 is 16.4 Å². The van der Waals surface area contributed by atoms with Crippen molar-refractivity contribution in [2.75, 3.05) is 27.0 Å². The second-order valence-corrected chi connectivity index (χ2v) is 19.0. The molecule has 2 amide bonds. The predicted molar refractivity (Wildman–Crippen MR) is 311 cm³/mol. The number of nitrogens with zero attached hydrogens (tertiary/aromatic N) is 6. The number of azide groups is 2. The lowest BCUT2D eigenvalue weighted by Crippen LogP contribution is -2.36. The van der Waals surface area contributed by atoms with Gasteiger partial charge in [-0.3, -0.25) is 0 Å². The van der Waals surface area contributed by atoms with E-state index in [0.717, 1.165) is 55.1 Å². The van der Waals surface area contributed by atoms with E-state index in [1.165, 1.54) is 19.8 Å². The Hall–Kier alpha value is -6.16. The number of hydrogen-bond donors (Lipinski definition) is 5. The monoisotopic (exact) mass is 1190 g/mol. The van der Waals surface area contributed by atoms with E-state index in [9.17, 15) is 23.3 Å². The van der Waals surface area contributed by atoms with E-state index < -0.39 is 20.6 Å². The molecule has 1 atom stereocenters. The number of aliphatic hydroxyl groups excluding tert-OH is 1. The number of nitrogens with two attached hydrogens (primary N) is 1. The molecule has 412 valence electrons. The van der Waals surface area contributed by atoms with Gasteiger partial charge in [-0.05, 0) is 151 Å². The number of carbonyl (C=O) groups excluding carboxylic acids is 2. The molecule has 0 fully saturated rings. The quantitative estimate of drug-likeness (QED) is 0.0273. The van der Waals surface area contributed by atoms with Crippen LogP contribution in [0.2, 0.25) is 30.1 Å². The van der Waals surface area contributed by atoms with Crippen LogP contribution in [-0.4, -0.2) is 55.2 Å². The van der Waals surface area contributed by atoms with Crippen LogP contribution in [0.3, 0.4) is 0 Å². The second kappa shape index (κ2) is 40.1. The SMILES string of the molecule is COC(=O)c1cccc(Cl)c1C.C[P+](=O)N=[N+]=[N-].Cc1c(Cl)cccc1C(=O)O.Cc1c(Cl)cccc1CN.Cc1c(Cl)cccc1CN=[N+]=[N-].Cc1c(Cl)cccc1CNC(=O)NCCF.Cc1c(Cl)cccc1CO. The molecule has 6 rings (SSSR count). The fourth-order valence-corrected chi connectivity index (χ4v) is 6.94. The summed E-state index contributed by atoms with van der Waals surface area (Å²) < 4.78 is 26.1. The Balaban J connectivity index is 0.000000887. The van der Waals surface area contributed by atoms with Crippen LogP contribution in [0.4, 0.5) is 9.18 Å². The number of benzene rings is 6. The van der Waals surface area contributed by atoms with Gasteiger partial charge in [-0.15, -0.1) is 0 Å². The maximum absolute atomic E-state index is 11.8. The third-order valence-corrected chi connectivity index (χ3v) is 13.2. The number of rotatable bonds is 11. The summed E-state index contributed by atoms with van der Waals surface area (Å²) in [6, 6.07) is 31.9. The number of hydrogen-bond acceptors (Lipinski definition) is 8. The van der Waals surface area contributed by atoms with Crippen LogP contribution in [-0.2, 0) is 35.5 Å². The smallest absolute Gasteiger partial charge is 0.458 e. The van der Waals surface area contributed by atoms with Gasteiger partial charge in [-0.1, -0.05) is 140 Å². The highest BCUT2D eigenvalue weighted by molar-refractivity contribution is 7.41. The van der Waals surface area contributed by atoms with Crippen LogP contribution in [0.5, 0.6) is 0 Å². The maximum Gasteiger partial charge on any atom is 0.458 e. The summed E-state index contributed by atoms with van der Waals surface area (Å²) in [6.07, 6.45) is 0. The van der Waals surface area contributed by atoms with Crippen LogP contribution in [0.25, 0.3) is 20.9 Å². The molecule has 0 bridgehead atoms. The molecular formula is C53H60Cl6FN9O7P+. The van der Waals surface area contributed by atoms with E-state index in [1.807, 2.05) is 94.4 Å². The number of urea groups is 1. The lowest BCUT2D eigenvalue weighted by Gasteiger charge is -2.09. The van der Waals surface area contributed by atoms with Gasteiger partial charge in [0.15, 0.2) is 4.88 Å². The number of carboxylic acids is 1. The molecule has 0 aliphatic rings. The summed E-state index contributed by atoms with van der Waals surface area (Å²) in [7, 11) is -0.292. The van der Waals surface area contributed by atoms with Crippen molar-refractivity contribution in [3.8, 4) is 0 Å². The minimum atomic E-state index is -1.64. The molecule has 0 aliphatic heterocycles. The minimum Gasteiger partial charge on any atom is -0.478 e. The highest BCUT2D eigenvalue weighted by atomic mass is 35.5. The molecular weight excluding hydrogens is 1140 g/mol. The van der Waals surface area contributed by atoms with Gasteiger partial charge in [0.25, 0.3) is 0 Å². The summed E-state index contributed by atoms with van der Waals surface area (Å²) in [5.74, 6) is -1.29. The Morgan fingerprint density at radius 2 is 1.01 bits per heavy atom. The number of aromatic carboxylic acids is 1. The van der Waals surface area contributed by atoms with Crippen molar-refractivity contribution in [2.45, 2.75) is 67.8 Å². The van der Waals surface area contributed by atoms with Crippen molar-refractivity contribution in [2.24, 2.45) is 15.7 Å². The van der Waals surface area contributed by atoms with Gasteiger partial charge >= 0.3 is 25.9 Å².